The molecule has 5 heteroatoms. The Morgan fingerprint density at radius 3 is 2.29 bits per heavy atom. The summed E-state index contributed by atoms with van der Waals surface area (Å²) in [5, 5.41) is 6.93. The number of anilines is 3. The summed E-state index contributed by atoms with van der Waals surface area (Å²) in [6.45, 7) is 4.18. The molecule has 0 saturated heterocycles. The normalized spacial score (nSPS) is 16.8. The van der Waals surface area contributed by atoms with Gasteiger partial charge in [0.2, 0.25) is 0 Å². The molecule has 0 unspecified atom stereocenters. The first-order valence-corrected chi connectivity index (χ1v) is 8.22. The standard InChI is InChI=1S/C19H19N3O2/c1-3-19(4-2)21-13-9-8-11-15(16(13)22-19)18(24)10-6-5-7-12(20)14(10)17(11)23/h5-9,21-22H,3-4,20H2,1-2H3. The summed E-state index contributed by atoms with van der Waals surface area (Å²) in [6.07, 6.45) is 1.72. The van der Waals surface area contributed by atoms with Crippen molar-refractivity contribution in [2.75, 3.05) is 16.4 Å². The van der Waals surface area contributed by atoms with Crippen LogP contribution in [0.25, 0.3) is 0 Å². The number of fused-ring (bicyclic) bond motifs is 4. The monoisotopic (exact) mass is 321 g/mol. The van der Waals surface area contributed by atoms with Crippen LogP contribution in [0, 0.1) is 0 Å². The molecule has 122 valence electrons. The van der Waals surface area contributed by atoms with E-state index in [4.69, 9.17) is 5.73 Å². The van der Waals surface area contributed by atoms with E-state index in [0.717, 1.165) is 24.2 Å². The molecule has 4 N–H and O–H groups in total. The topological polar surface area (TPSA) is 84.2 Å². The minimum atomic E-state index is -0.281. The Hall–Kier alpha value is -2.82. The Balaban J connectivity index is 1.94. The van der Waals surface area contributed by atoms with Gasteiger partial charge in [0, 0.05) is 16.8 Å². The van der Waals surface area contributed by atoms with Crippen LogP contribution in [0.15, 0.2) is 30.3 Å². The van der Waals surface area contributed by atoms with Crippen molar-refractivity contribution in [1.29, 1.82) is 0 Å². The Morgan fingerprint density at radius 1 is 0.917 bits per heavy atom. The minimum Gasteiger partial charge on any atom is -0.398 e. The molecule has 1 heterocycles. The van der Waals surface area contributed by atoms with E-state index in [-0.39, 0.29) is 17.2 Å². The van der Waals surface area contributed by atoms with Gasteiger partial charge in [-0.15, -0.1) is 0 Å². The molecule has 1 aliphatic heterocycles. The first kappa shape index (κ1) is 14.8. The Kier molecular flexibility index (Phi) is 2.97. The highest BCUT2D eigenvalue weighted by atomic mass is 16.1. The third kappa shape index (κ3) is 1.75. The molecule has 1 aliphatic carbocycles. The maximum Gasteiger partial charge on any atom is 0.196 e. The van der Waals surface area contributed by atoms with E-state index in [1.54, 1.807) is 24.3 Å². The van der Waals surface area contributed by atoms with Crippen molar-refractivity contribution in [2.45, 2.75) is 32.4 Å². The van der Waals surface area contributed by atoms with Gasteiger partial charge in [-0.1, -0.05) is 26.0 Å². The van der Waals surface area contributed by atoms with Gasteiger partial charge in [0.05, 0.1) is 22.5 Å². The van der Waals surface area contributed by atoms with Crippen molar-refractivity contribution in [3.63, 3.8) is 0 Å². The van der Waals surface area contributed by atoms with Crippen molar-refractivity contribution in [2.24, 2.45) is 0 Å². The highest BCUT2D eigenvalue weighted by Crippen LogP contribution is 2.44. The molecule has 0 amide bonds. The first-order chi connectivity index (χ1) is 11.5. The highest BCUT2D eigenvalue weighted by Gasteiger charge is 2.40. The minimum absolute atomic E-state index is 0.152. The molecule has 2 aromatic rings. The highest BCUT2D eigenvalue weighted by molar-refractivity contribution is 6.32. The fraction of sp³-hybridized carbons (Fsp3) is 0.263. The molecule has 0 fully saturated rings. The maximum absolute atomic E-state index is 13.1. The van der Waals surface area contributed by atoms with Crippen LogP contribution in [0.5, 0.6) is 0 Å². The lowest BCUT2D eigenvalue weighted by molar-refractivity contribution is 0.0980. The van der Waals surface area contributed by atoms with E-state index < -0.39 is 0 Å². The van der Waals surface area contributed by atoms with Gasteiger partial charge in [-0.2, -0.15) is 0 Å². The summed E-state index contributed by atoms with van der Waals surface area (Å²) in [5.41, 5.74) is 9.18. The Bertz CT molecular complexity index is 898. The summed E-state index contributed by atoms with van der Waals surface area (Å²) < 4.78 is 0. The first-order valence-electron chi connectivity index (χ1n) is 8.22. The number of carbonyl (C=O) groups is 2. The van der Waals surface area contributed by atoms with E-state index in [1.165, 1.54) is 0 Å². The fourth-order valence-electron chi connectivity index (χ4n) is 3.68. The van der Waals surface area contributed by atoms with Gasteiger partial charge in [0.1, 0.15) is 5.66 Å². The summed E-state index contributed by atoms with van der Waals surface area (Å²) in [7, 11) is 0. The molecule has 2 aliphatic rings. The number of rotatable bonds is 2. The zero-order valence-corrected chi connectivity index (χ0v) is 13.7. The quantitative estimate of drug-likeness (QED) is 0.630. The zero-order valence-electron chi connectivity index (χ0n) is 13.7. The van der Waals surface area contributed by atoms with Gasteiger partial charge in [0.25, 0.3) is 0 Å². The Morgan fingerprint density at radius 2 is 1.58 bits per heavy atom. The predicted octanol–water partition coefficient (Wildman–Crippen LogP) is 3.40. The molecule has 0 atom stereocenters. The number of hydrogen-bond donors (Lipinski definition) is 3. The van der Waals surface area contributed by atoms with Crippen LogP contribution in [0.3, 0.4) is 0 Å². The van der Waals surface area contributed by atoms with Gasteiger partial charge in [-0.25, -0.2) is 0 Å². The molecule has 4 rings (SSSR count). The van der Waals surface area contributed by atoms with E-state index in [0.29, 0.717) is 27.9 Å². The molecular formula is C19H19N3O2. The molecule has 0 saturated carbocycles. The number of hydrogen-bond acceptors (Lipinski definition) is 5. The second kappa shape index (κ2) is 4.84. The van der Waals surface area contributed by atoms with Crippen LogP contribution < -0.4 is 16.4 Å². The van der Waals surface area contributed by atoms with E-state index in [1.807, 2.05) is 6.07 Å². The molecule has 24 heavy (non-hydrogen) atoms. The van der Waals surface area contributed by atoms with Crippen molar-refractivity contribution < 1.29 is 9.59 Å². The summed E-state index contributed by atoms with van der Waals surface area (Å²) >= 11 is 0. The average Bonchev–Trinajstić information content (AvgIpc) is 2.98. The number of nitrogens with two attached hydrogens (primary N) is 1. The molecule has 0 spiro atoms. The van der Waals surface area contributed by atoms with Crippen molar-refractivity contribution in [1.82, 2.24) is 0 Å². The average molecular weight is 321 g/mol. The lowest BCUT2D eigenvalue weighted by Crippen LogP contribution is -2.40. The van der Waals surface area contributed by atoms with Gasteiger partial charge in [0.15, 0.2) is 11.6 Å². The van der Waals surface area contributed by atoms with E-state index in [9.17, 15) is 9.59 Å². The SMILES string of the molecule is CCC1(CC)Nc2ccc3c(c2N1)C(=O)c1cccc(N)c1C3=O. The molecular weight excluding hydrogens is 302 g/mol. The van der Waals surface area contributed by atoms with Crippen LogP contribution in [0.4, 0.5) is 17.1 Å². The van der Waals surface area contributed by atoms with Crippen molar-refractivity contribution in [3.8, 4) is 0 Å². The zero-order chi connectivity index (χ0) is 17.1. The lowest BCUT2D eigenvalue weighted by Gasteiger charge is -2.28. The van der Waals surface area contributed by atoms with Gasteiger partial charge in [-0.3, -0.25) is 9.59 Å². The molecule has 0 bridgehead atoms. The van der Waals surface area contributed by atoms with E-state index in [2.05, 4.69) is 24.5 Å². The fourth-order valence-corrected chi connectivity index (χ4v) is 3.68. The van der Waals surface area contributed by atoms with E-state index >= 15 is 0 Å². The van der Waals surface area contributed by atoms with Crippen molar-refractivity contribution in [3.05, 3.63) is 52.6 Å². The molecule has 0 aromatic heterocycles. The van der Waals surface area contributed by atoms with Crippen molar-refractivity contribution >= 4 is 28.6 Å². The molecule has 2 aromatic carbocycles. The number of nitrogen functional groups attached to an aromatic ring is 1. The summed E-state index contributed by atoms with van der Waals surface area (Å²) in [4.78, 5) is 26.0. The molecule has 5 nitrogen and oxygen atoms in total. The van der Waals surface area contributed by atoms with Crippen LogP contribution in [-0.4, -0.2) is 17.2 Å². The number of benzene rings is 2. The smallest absolute Gasteiger partial charge is 0.196 e. The van der Waals surface area contributed by atoms with Gasteiger partial charge >= 0.3 is 0 Å². The van der Waals surface area contributed by atoms with Crippen LogP contribution >= 0.6 is 0 Å². The van der Waals surface area contributed by atoms with Crippen LogP contribution in [0.2, 0.25) is 0 Å². The largest absolute Gasteiger partial charge is 0.398 e. The lowest BCUT2D eigenvalue weighted by atomic mass is 9.82. The second-order valence-corrected chi connectivity index (χ2v) is 6.38. The third-order valence-electron chi connectivity index (χ3n) is 5.19. The number of carbonyl (C=O) groups excluding carboxylic acids is 2. The second-order valence-electron chi connectivity index (χ2n) is 6.38. The van der Waals surface area contributed by atoms with Crippen LogP contribution in [-0.2, 0) is 0 Å². The third-order valence-corrected chi connectivity index (χ3v) is 5.19. The van der Waals surface area contributed by atoms with Gasteiger partial charge in [-0.05, 0) is 31.0 Å². The maximum atomic E-state index is 13.1. The predicted molar refractivity (Wildman–Crippen MR) is 94.7 cm³/mol. The van der Waals surface area contributed by atoms with Crippen LogP contribution in [0.1, 0.15) is 58.5 Å². The number of ketones is 2. The molecule has 0 radical (unpaired) electrons. The van der Waals surface area contributed by atoms with Gasteiger partial charge < -0.3 is 16.4 Å². The summed E-state index contributed by atoms with van der Waals surface area (Å²) in [6, 6.07) is 8.62. The summed E-state index contributed by atoms with van der Waals surface area (Å²) in [5.74, 6) is -0.339. The number of nitrogens with one attached hydrogen (secondary N) is 2. The Labute approximate surface area is 140 Å².